The van der Waals surface area contributed by atoms with E-state index in [1.165, 1.54) is 14.0 Å². The van der Waals surface area contributed by atoms with Crippen LogP contribution in [-0.2, 0) is 179 Å². The first-order chi connectivity index (χ1) is 53.3. The molecule has 7 rings (SSSR count). The van der Waals surface area contributed by atoms with Gasteiger partial charge < -0.3 is 107 Å². The van der Waals surface area contributed by atoms with Gasteiger partial charge in [0.2, 0.25) is 11.8 Å². The van der Waals surface area contributed by atoms with Crippen molar-refractivity contribution in [1.82, 2.24) is 21.3 Å². The minimum atomic E-state index is -5.56. The molecule has 12 N–H and O–H groups in total. The fraction of sp³-hybridized carbons (Fsp3) is 0.907. The molecule has 7 fully saturated rings. The molecular weight excluding hydrogens is 1680 g/mol. The predicted molar refractivity (Wildman–Crippen MR) is 361 cm³/mol. The fourth-order valence-electron chi connectivity index (χ4n) is 13.4. The van der Waals surface area contributed by atoms with E-state index in [2.05, 4.69) is 57.7 Å². The minimum Gasteiger partial charge on any atom is -0.479 e. The number of ether oxygens (including phenoxy) is 16. The van der Waals surface area contributed by atoms with Gasteiger partial charge in [0.1, 0.15) is 79.3 Å². The van der Waals surface area contributed by atoms with Crippen molar-refractivity contribution >= 4 is 110 Å². The van der Waals surface area contributed by atoms with Crippen molar-refractivity contribution in [2.75, 3.05) is 81.9 Å². The van der Waals surface area contributed by atoms with Gasteiger partial charge in [0, 0.05) is 86.1 Å². The number of methoxy groups -OCH3 is 7. The van der Waals surface area contributed by atoms with Gasteiger partial charge in [-0.3, -0.25) is 35.8 Å². The summed E-state index contributed by atoms with van der Waals surface area (Å²) in [5.74, 6) is -4.68. The minimum absolute atomic E-state index is 0.00110. The Bertz CT molecular complexity index is 3270. The molecule has 28 atom stereocenters. The van der Waals surface area contributed by atoms with Crippen LogP contribution < -0.4 is 21.3 Å². The van der Waals surface area contributed by atoms with Gasteiger partial charge in [0.25, 0.3) is 0 Å². The summed E-state index contributed by atoms with van der Waals surface area (Å²) in [5.41, 5.74) is 0. The number of nitrogens with one attached hydrogen (secondary N) is 4. The van der Waals surface area contributed by atoms with Crippen molar-refractivity contribution in [2.24, 2.45) is 5.92 Å². The Hall–Kier alpha value is -2.96. The lowest BCUT2D eigenvalue weighted by Gasteiger charge is -2.51. The Labute approximate surface area is 656 Å². The van der Waals surface area contributed by atoms with Crippen LogP contribution in [0.1, 0.15) is 58.3 Å². The normalized spacial score (nSPS) is 35.9. The molecule has 0 radical (unpaired) electrons. The number of unbranched alkanes of at least 4 members (excludes halogenated alkanes) is 3. The molecule has 4 amide bonds. The number of urea groups is 1. The van der Waals surface area contributed by atoms with Gasteiger partial charge >= 0.3 is 49.2 Å². The summed E-state index contributed by atoms with van der Waals surface area (Å²) in [6.07, 6.45) is -40.5. The van der Waals surface area contributed by atoms with Crippen molar-refractivity contribution < 1.29 is 218 Å². The molecule has 0 aromatic rings. The van der Waals surface area contributed by atoms with Crippen molar-refractivity contribution in [1.29, 1.82) is 0 Å². The number of hydrogen-bond donors (Lipinski definition) is 12. The van der Waals surface area contributed by atoms with Crippen LogP contribution in [0.3, 0.4) is 0 Å². The lowest BCUT2D eigenvalue weighted by Crippen LogP contribution is -2.69. The first-order valence-corrected chi connectivity index (χ1v) is 40.5. The largest absolute Gasteiger partial charge is 0.479 e. The average Bonchev–Trinajstić information content (AvgIpc) is 0.887. The van der Waals surface area contributed by atoms with Crippen molar-refractivity contribution in [3.8, 4) is 0 Å². The molecule has 112 heavy (non-hydrogen) atoms. The van der Waals surface area contributed by atoms with Gasteiger partial charge in [0.05, 0.1) is 44.1 Å². The maximum atomic E-state index is 14.0. The van der Waals surface area contributed by atoms with Crippen LogP contribution in [0.15, 0.2) is 0 Å². The first-order valence-electron chi connectivity index (χ1n) is 33.4. The number of hydrogen-bond acceptors (Lipinski definition) is 46. The van der Waals surface area contributed by atoms with E-state index < -0.39 is 222 Å². The Balaban J connectivity index is 1.14. The van der Waals surface area contributed by atoms with Gasteiger partial charge in [-0.2, -0.15) is 37.0 Å². The van der Waals surface area contributed by atoms with Crippen LogP contribution in [0.4, 0.5) is 4.79 Å². The van der Waals surface area contributed by atoms with E-state index >= 15 is 0 Å². The maximum Gasteiger partial charge on any atom is 0.397 e. The topological polar surface area (TPSA) is 656 Å². The molecule has 0 spiro atoms. The van der Waals surface area contributed by atoms with Crippen LogP contribution in [0.5, 0.6) is 0 Å². The number of carbonyl (C=O) groups excluding carboxylic acids is 3. The third-order valence-electron chi connectivity index (χ3n) is 18.3. The molecule has 7 heterocycles. The first kappa shape index (κ1) is 96.2. The van der Waals surface area contributed by atoms with Gasteiger partial charge in [-0.25, -0.2) is 42.7 Å². The Morgan fingerprint density at radius 3 is 1.38 bits per heavy atom. The Kier molecular flexibility index (Phi) is 40.0. The van der Waals surface area contributed by atoms with Crippen molar-refractivity contribution in [2.45, 2.75) is 223 Å². The van der Waals surface area contributed by atoms with E-state index in [0.717, 1.165) is 61.3 Å². The summed E-state index contributed by atoms with van der Waals surface area (Å²) in [6, 6.07) is -1.46. The van der Waals surface area contributed by atoms with Crippen LogP contribution in [0.25, 0.3) is 0 Å². The molecule has 7 saturated heterocycles. The summed E-state index contributed by atoms with van der Waals surface area (Å²) in [6.45, 7) is -1.61. The van der Waals surface area contributed by atoms with E-state index in [0.29, 0.717) is 25.8 Å². The summed E-state index contributed by atoms with van der Waals surface area (Å²) in [4.78, 5) is 65.7. The lowest BCUT2D eigenvalue weighted by atomic mass is 9.88. The average molecular weight is 1770 g/mol. The zero-order valence-corrected chi connectivity index (χ0v) is 65.9. The highest BCUT2D eigenvalue weighted by Crippen LogP contribution is 2.43. The second-order valence-electron chi connectivity index (χ2n) is 24.9. The molecule has 0 saturated carbocycles. The molecular formula is C54H90N4O47S7. The molecule has 51 nitrogen and oxygen atoms in total. The SMILES string of the molecule is COC1C(OC)[C@H](O[C@H]2OC(COS(=O)(=O)O)[C@@H](O[C@@H]3OC(C(=O)O)[C@H](O[C@@H]4OC(COS(=O)(=O)O)[C@H](C)[C@H](OC)C4NC(=O)CCCCCNC(=O)CCCCC4SCC5NC(=O)NC54)[C@H](OC)C3OC)C(OSOOO)C2OSOOO)[C@H](C(=O)O)O[C@@H]1O[C@H]1C(COS(=O)(=O)O)O[C@@H](OC)C(OSOOO)[C@H]1OC. The second-order valence-corrected chi connectivity index (χ2v) is 30.9. The van der Waals surface area contributed by atoms with Gasteiger partial charge in [-0.1, -0.05) is 34.9 Å². The highest BCUT2D eigenvalue weighted by molar-refractivity contribution is 8.00. The van der Waals surface area contributed by atoms with Crippen molar-refractivity contribution in [3.63, 3.8) is 0 Å². The number of aliphatic carboxylic acids is 2. The van der Waals surface area contributed by atoms with Gasteiger partial charge in [-0.15, -0.1) is 13.0 Å². The second kappa shape index (κ2) is 46.6. The molecule has 7 aliphatic rings. The number of rotatable bonds is 50. The zero-order chi connectivity index (χ0) is 82.2. The maximum absolute atomic E-state index is 14.0. The zero-order valence-electron chi connectivity index (χ0n) is 60.2. The number of carboxylic acid groups (broad SMARTS) is 2. The van der Waals surface area contributed by atoms with E-state index in [1.807, 2.05) is 0 Å². The molecule has 0 aliphatic carbocycles. The third-order valence-corrected chi connectivity index (χ3v) is 22.4. The number of thioether (sulfide) groups is 1. The lowest BCUT2D eigenvalue weighted by molar-refractivity contribution is -0.437. The van der Waals surface area contributed by atoms with E-state index in [1.54, 1.807) is 11.8 Å². The molecule has 0 aromatic carbocycles. The molecule has 58 heteroatoms. The van der Waals surface area contributed by atoms with Crippen molar-refractivity contribution in [3.05, 3.63) is 0 Å². The molecule has 7 aliphatic heterocycles. The van der Waals surface area contributed by atoms with E-state index in [-0.39, 0.29) is 85.5 Å². The quantitative estimate of drug-likeness (QED) is 0.00794. The highest BCUT2D eigenvalue weighted by Gasteiger charge is 2.62. The molecule has 14 unspecified atom stereocenters. The van der Waals surface area contributed by atoms with Gasteiger partial charge in [-0.05, 0) is 25.7 Å². The smallest absolute Gasteiger partial charge is 0.397 e. The summed E-state index contributed by atoms with van der Waals surface area (Å²) in [7, 11) is -8.48. The Morgan fingerprint density at radius 1 is 0.482 bits per heavy atom. The van der Waals surface area contributed by atoms with Crippen LogP contribution in [-0.4, -0.2) is 341 Å². The number of amides is 4. The number of carboxylic acids is 2. The fourth-order valence-corrected chi connectivity index (χ4v) is 17.0. The van der Waals surface area contributed by atoms with E-state index in [9.17, 15) is 83.6 Å². The number of carbonyl (C=O) groups is 5. The van der Waals surface area contributed by atoms with Gasteiger partial charge in [0.15, 0.2) is 92.8 Å². The predicted octanol–water partition coefficient (Wildman–Crippen LogP) is -1.85. The molecule has 0 bridgehead atoms. The van der Waals surface area contributed by atoms with Crippen LogP contribution in [0, 0.1) is 5.92 Å². The van der Waals surface area contributed by atoms with Crippen LogP contribution in [0.2, 0.25) is 0 Å². The van der Waals surface area contributed by atoms with Crippen LogP contribution >= 0.6 is 48.7 Å². The standard InChI is InChI=1S/C54H90N4O47S7/c1-22-24(18-85-110(69,70)71)88-49(31(32(22)78-2)57-29(60)16-10-9-13-17-55-28(59)15-12-11-14-27-30-23(21-106-27)56-54(65)58-30)93-38-36(80-4)43(82-6)52(95-41(38)47(61)62)92-34-26(20-87-112(75,76)77)90-53(46(99-109-105-102-68)40(34)97-107-103-100-66)94-39-37(81-5)44(83-7)51(96-42(39)48(63)64)91-33-25(19-86-111(72,73)74)89-50(84-8)45(35(33)79-3)98-108-104-101-67/h22-27,30-46,49-53,66-68H,9-21H2,1-8H3,(H,55,59)(H,57,60)(H,61,62)(H,63,64)(H2,56,58,65)(H,69,70,71)(H,72,73,74)(H,75,76,77)/t22-,23?,24?,25?,26?,27?,30?,31?,32-,33-,34+,35-,36-,37?,38+,39-,40?,41?,42+,43?,44?,45?,46?,49-,50+,51-,52+,53+/m0/s1. The number of fused-ring (bicyclic) bond motifs is 1. The molecule has 650 valence electrons. The molecule has 0 aromatic heterocycles. The Morgan fingerprint density at radius 2 is 0.902 bits per heavy atom. The summed E-state index contributed by atoms with van der Waals surface area (Å²) < 4.78 is 242. The van der Waals surface area contributed by atoms with E-state index in [4.69, 9.17) is 97.8 Å². The summed E-state index contributed by atoms with van der Waals surface area (Å²) in [5, 5.41) is 72.1. The highest BCUT2D eigenvalue weighted by atomic mass is 32.3. The third kappa shape index (κ3) is 27.5. The monoisotopic (exact) mass is 1770 g/mol. The summed E-state index contributed by atoms with van der Waals surface area (Å²) >= 11 is 1.23.